The molecule has 2 aromatic heterocycles. The molecule has 0 unspecified atom stereocenters. The third kappa shape index (κ3) is 3.14. The summed E-state index contributed by atoms with van der Waals surface area (Å²) in [6.45, 7) is 1.34. The van der Waals surface area contributed by atoms with Gasteiger partial charge >= 0.3 is 5.97 Å². The molecular formula is C12H11N3O3S. The Kier molecular flexibility index (Phi) is 3.86. The van der Waals surface area contributed by atoms with Crippen molar-refractivity contribution in [2.75, 3.05) is 6.54 Å². The van der Waals surface area contributed by atoms with Gasteiger partial charge in [-0.15, -0.1) is 11.3 Å². The van der Waals surface area contributed by atoms with Crippen molar-refractivity contribution < 1.29 is 14.7 Å². The van der Waals surface area contributed by atoms with Crippen LogP contribution in [0.4, 0.5) is 0 Å². The number of aromatic nitrogens is 2. The zero-order valence-electron chi connectivity index (χ0n) is 10.1. The minimum atomic E-state index is -1.09. The van der Waals surface area contributed by atoms with Crippen LogP contribution in [0.15, 0.2) is 24.4 Å². The highest BCUT2D eigenvalue weighted by Crippen LogP contribution is 2.25. The Morgan fingerprint density at radius 2 is 2.21 bits per heavy atom. The van der Waals surface area contributed by atoms with Gasteiger partial charge in [0.1, 0.15) is 17.2 Å². The van der Waals surface area contributed by atoms with Gasteiger partial charge in [0, 0.05) is 11.1 Å². The number of carboxylic acids is 1. The molecule has 2 rings (SSSR count). The molecule has 2 N–H and O–H groups in total. The van der Waals surface area contributed by atoms with Crippen LogP contribution in [0.1, 0.15) is 15.4 Å². The second kappa shape index (κ2) is 5.57. The molecule has 6 nitrogen and oxygen atoms in total. The summed E-state index contributed by atoms with van der Waals surface area (Å²) in [5.41, 5.74) is 0.930. The highest BCUT2D eigenvalue weighted by Gasteiger charge is 2.17. The number of carboxylic acid groups (broad SMARTS) is 1. The Morgan fingerprint density at radius 1 is 1.42 bits per heavy atom. The summed E-state index contributed by atoms with van der Waals surface area (Å²) in [6, 6.07) is 5.44. The van der Waals surface area contributed by atoms with Gasteiger partial charge in [-0.1, -0.05) is 6.07 Å². The van der Waals surface area contributed by atoms with Crippen molar-refractivity contribution >= 4 is 23.2 Å². The molecule has 0 spiro atoms. The van der Waals surface area contributed by atoms with E-state index in [2.05, 4.69) is 15.3 Å². The van der Waals surface area contributed by atoms with E-state index in [1.54, 1.807) is 25.3 Å². The number of amides is 1. The Labute approximate surface area is 113 Å². The van der Waals surface area contributed by atoms with Crippen molar-refractivity contribution in [3.63, 3.8) is 0 Å². The fourth-order valence-electron chi connectivity index (χ4n) is 1.45. The number of carbonyl (C=O) groups excluding carboxylic acids is 1. The van der Waals surface area contributed by atoms with Gasteiger partial charge < -0.3 is 10.4 Å². The molecule has 19 heavy (non-hydrogen) atoms. The monoisotopic (exact) mass is 277 g/mol. The third-order valence-electron chi connectivity index (χ3n) is 2.30. The van der Waals surface area contributed by atoms with Crippen LogP contribution in [0, 0.1) is 6.92 Å². The summed E-state index contributed by atoms with van der Waals surface area (Å²) in [6.07, 6.45) is 1.65. The molecule has 0 saturated carbocycles. The topological polar surface area (TPSA) is 92.2 Å². The number of pyridine rings is 1. The van der Waals surface area contributed by atoms with Crippen molar-refractivity contribution in [1.29, 1.82) is 0 Å². The van der Waals surface area contributed by atoms with Gasteiger partial charge in [0.25, 0.3) is 5.91 Å². The maximum absolute atomic E-state index is 11.8. The van der Waals surface area contributed by atoms with Crippen LogP contribution >= 0.6 is 11.3 Å². The van der Waals surface area contributed by atoms with Gasteiger partial charge in [0.2, 0.25) is 0 Å². The van der Waals surface area contributed by atoms with Gasteiger partial charge in [-0.25, -0.2) is 4.98 Å². The van der Waals surface area contributed by atoms with E-state index in [0.29, 0.717) is 10.7 Å². The van der Waals surface area contributed by atoms with Crippen LogP contribution in [0.3, 0.4) is 0 Å². The molecule has 0 aliphatic heterocycles. The van der Waals surface area contributed by atoms with Gasteiger partial charge in [-0.2, -0.15) is 0 Å². The van der Waals surface area contributed by atoms with E-state index in [0.717, 1.165) is 4.88 Å². The summed E-state index contributed by atoms with van der Waals surface area (Å²) in [7, 11) is 0. The number of aryl methyl sites for hydroxylation is 1. The van der Waals surface area contributed by atoms with Crippen molar-refractivity contribution in [2.24, 2.45) is 0 Å². The summed E-state index contributed by atoms with van der Waals surface area (Å²) in [5, 5.41) is 11.4. The third-order valence-corrected chi connectivity index (χ3v) is 3.29. The van der Waals surface area contributed by atoms with Gasteiger partial charge in [-0.05, 0) is 19.1 Å². The fourth-order valence-corrected chi connectivity index (χ4v) is 2.33. The van der Waals surface area contributed by atoms with E-state index in [4.69, 9.17) is 5.11 Å². The molecule has 98 valence electrons. The zero-order chi connectivity index (χ0) is 13.8. The van der Waals surface area contributed by atoms with Crippen LogP contribution in [0.25, 0.3) is 10.7 Å². The number of carbonyl (C=O) groups is 2. The maximum Gasteiger partial charge on any atom is 0.322 e. The molecular weight excluding hydrogens is 266 g/mol. The minimum absolute atomic E-state index is 0.243. The minimum Gasteiger partial charge on any atom is -0.480 e. The van der Waals surface area contributed by atoms with Crippen LogP contribution in [0.5, 0.6) is 0 Å². The molecule has 0 aromatic carbocycles. The van der Waals surface area contributed by atoms with Gasteiger partial charge in [0.05, 0.1) is 5.69 Å². The number of aliphatic carboxylic acids is 1. The molecule has 7 heteroatoms. The molecule has 0 radical (unpaired) electrons. The maximum atomic E-state index is 11.8. The molecule has 0 atom stereocenters. The Hall–Kier alpha value is -2.28. The average molecular weight is 277 g/mol. The quantitative estimate of drug-likeness (QED) is 0.879. The second-order valence-corrected chi connectivity index (χ2v) is 4.92. The first-order valence-electron chi connectivity index (χ1n) is 5.46. The highest BCUT2D eigenvalue weighted by molar-refractivity contribution is 7.15. The molecule has 0 saturated heterocycles. The number of thiazole rings is 1. The smallest absolute Gasteiger partial charge is 0.322 e. The van der Waals surface area contributed by atoms with Gasteiger partial charge in [-0.3, -0.25) is 14.6 Å². The summed E-state index contributed by atoms with van der Waals surface area (Å²) in [5.74, 6) is -1.58. The summed E-state index contributed by atoms with van der Waals surface area (Å²) >= 11 is 1.35. The molecule has 0 fully saturated rings. The molecule has 1 amide bonds. The van der Waals surface area contributed by atoms with E-state index in [1.165, 1.54) is 11.3 Å². The van der Waals surface area contributed by atoms with E-state index >= 15 is 0 Å². The number of nitrogens with one attached hydrogen (secondary N) is 1. The van der Waals surface area contributed by atoms with E-state index in [-0.39, 0.29) is 5.69 Å². The van der Waals surface area contributed by atoms with E-state index in [9.17, 15) is 9.59 Å². The average Bonchev–Trinajstić information content (AvgIpc) is 2.79. The van der Waals surface area contributed by atoms with Crippen molar-refractivity contribution in [1.82, 2.24) is 15.3 Å². The lowest BCUT2D eigenvalue weighted by Gasteiger charge is -1.99. The first-order chi connectivity index (χ1) is 9.08. The normalized spacial score (nSPS) is 10.2. The predicted molar refractivity (Wildman–Crippen MR) is 70.1 cm³/mol. The predicted octanol–water partition coefficient (Wildman–Crippen LogP) is 1.33. The number of rotatable bonds is 4. The Bertz CT molecular complexity index is 610. The van der Waals surface area contributed by atoms with Gasteiger partial charge in [0.15, 0.2) is 0 Å². The fraction of sp³-hybridized carbons (Fsp3) is 0.167. The SMILES string of the molecule is Cc1sc(-c2ccccn2)nc1C(=O)NCC(=O)O. The van der Waals surface area contributed by atoms with Crippen LogP contribution in [-0.4, -0.2) is 33.5 Å². The number of hydrogen-bond acceptors (Lipinski definition) is 5. The molecule has 2 heterocycles. The highest BCUT2D eigenvalue weighted by atomic mass is 32.1. The standard InChI is InChI=1S/C12H11N3O3S/c1-7-10(11(18)14-6-9(16)17)15-12(19-7)8-4-2-3-5-13-8/h2-5H,6H2,1H3,(H,14,18)(H,16,17). The van der Waals surface area contributed by atoms with E-state index < -0.39 is 18.4 Å². The Morgan fingerprint density at radius 3 is 2.84 bits per heavy atom. The van der Waals surface area contributed by atoms with Crippen LogP contribution < -0.4 is 5.32 Å². The lowest BCUT2D eigenvalue weighted by molar-refractivity contribution is -0.135. The van der Waals surface area contributed by atoms with Crippen molar-refractivity contribution in [3.05, 3.63) is 35.0 Å². The number of hydrogen-bond donors (Lipinski definition) is 2. The molecule has 0 bridgehead atoms. The van der Waals surface area contributed by atoms with Crippen molar-refractivity contribution in [2.45, 2.75) is 6.92 Å². The lowest BCUT2D eigenvalue weighted by Crippen LogP contribution is -2.29. The molecule has 0 aliphatic carbocycles. The first kappa shape index (κ1) is 13.2. The van der Waals surface area contributed by atoms with Crippen molar-refractivity contribution in [3.8, 4) is 10.7 Å². The van der Waals surface area contributed by atoms with Crippen LogP contribution in [-0.2, 0) is 4.79 Å². The largest absolute Gasteiger partial charge is 0.480 e. The summed E-state index contributed by atoms with van der Waals surface area (Å²) < 4.78 is 0. The summed E-state index contributed by atoms with van der Waals surface area (Å²) in [4.78, 5) is 31.3. The first-order valence-corrected chi connectivity index (χ1v) is 6.28. The molecule has 2 aromatic rings. The van der Waals surface area contributed by atoms with Crippen LogP contribution in [0.2, 0.25) is 0 Å². The second-order valence-electron chi connectivity index (χ2n) is 3.72. The Balaban J connectivity index is 2.22. The number of nitrogens with zero attached hydrogens (tertiary/aromatic N) is 2. The van der Waals surface area contributed by atoms with E-state index in [1.807, 2.05) is 6.07 Å². The lowest BCUT2D eigenvalue weighted by atomic mass is 10.3. The zero-order valence-corrected chi connectivity index (χ0v) is 10.9. The molecule has 0 aliphatic rings.